The summed E-state index contributed by atoms with van der Waals surface area (Å²) in [7, 11) is 0. The van der Waals surface area contributed by atoms with E-state index in [9.17, 15) is 14.3 Å². The number of hydrogen-bond donors (Lipinski definition) is 1. The van der Waals surface area contributed by atoms with Crippen LogP contribution in [0.15, 0.2) is 54.6 Å². The zero-order valence-corrected chi connectivity index (χ0v) is 23.0. The van der Waals surface area contributed by atoms with E-state index in [1.165, 1.54) is 6.07 Å². The number of nitrogens with zero attached hydrogens (tertiary/aromatic N) is 3. The molecule has 41 heavy (non-hydrogen) atoms. The average Bonchev–Trinajstić information content (AvgIpc) is 3.51. The summed E-state index contributed by atoms with van der Waals surface area (Å²) < 4.78 is 34.5. The first kappa shape index (κ1) is 26.3. The molecule has 0 aliphatic carbocycles. The highest BCUT2D eigenvalue weighted by atomic mass is 35.5. The van der Waals surface area contributed by atoms with E-state index < -0.39 is 18.1 Å². The molecule has 4 aromatic rings. The molecule has 1 unspecified atom stereocenters. The van der Waals surface area contributed by atoms with E-state index in [-0.39, 0.29) is 17.6 Å². The van der Waals surface area contributed by atoms with E-state index in [0.717, 1.165) is 61.4 Å². The fourth-order valence-corrected chi connectivity index (χ4v) is 6.16. The molecule has 0 amide bonds. The number of para-hydroxylation sites is 1. The first-order valence-electron chi connectivity index (χ1n) is 13.9. The fourth-order valence-electron chi connectivity index (χ4n) is 6.00. The van der Waals surface area contributed by atoms with Crippen LogP contribution in [0.1, 0.15) is 58.8 Å². The highest BCUT2D eigenvalue weighted by Gasteiger charge is 2.33. The summed E-state index contributed by atoms with van der Waals surface area (Å²) in [6.07, 6.45) is 2.11. The van der Waals surface area contributed by atoms with Crippen LogP contribution in [0, 0.1) is 5.82 Å². The molecule has 3 aliphatic heterocycles. The number of halogens is 2. The predicted molar refractivity (Wildman–Crippen MR) is 150 cm³/mol. The van der Waals surface area contributed by atoms with Gasteiger partial charge in [0, 0.05) is 17.2 Å². The fraction of sp³-hybridized carbons (Fsp3) is 0.355. The van der Waals surface area contributed by atoms with Crippen LogP contribution in [0.3, 0.4) is 0 Å². The lowest BCUT2D eigenvalue weighted by Gasteiger charge is -2.33. The molecule has 7 rings (SSSR count). The molecule has 0 radical (unpaired) electrons. The van der Waals surface area contributed by atoms with Gasteiger partial charge in [-0.15, -0.1) is 0 Å². The molecule has 1 N–H and O–H groups in total. The van der Waals surface area contributed by atoms with Gasteiger partial charge in [0.25, 0.3) is 6.29 Å². The summed E-state index contributed by atoms with van der Waals surface area (Å²) in [4.78, 5) is 18.9. The molecule has 8 nitrogen and oxygen atoms in total. The van der Waals surface area contributed by atoms with E-state index in [0.29, 0.717) is 35.2 Å². The lowest BCUT2D eigenvalue weighted by molar-refractivity contribution is -0.0592. The van der Waals surface area contributed by atoms with Crippen LogP contribution < -0.4 is 9.47 Å². The lowest BCUT2D eigenvalue weighted by Crippen LogP contribution is -2.35. The number of fused-ring (bicyclic) bond motifs is 2. The molecular formula is C31H29ClFN3O5. The highest BCUT2D eigenvalue weighted by molar-refractivity contribution is 6.30. The van der Waals surface area contributed by atoms with Gasteiger partial charge in [0.15, 0.2) is 11.5 Å². The van der Waals surface area contributed by atoms with Crippen molar-refractivity contribution in [3.8, 4) is 11.5 Å². The van der Waals surface area contributed by atoms with Crippen molar-refractivity contribution in [1.82, 2.24) is 14.5 Å². The summed E-state index contributed by atoms with van der Waals surface area (Å²) in [5.74, 6) is 1.09. The van der Waals surface area contributed by atoms with Crippen LogP contribution in [-0.4, -0.2) is 51.3 Å². The minimum absolute atomic E-state index is 0.123. The first-order valence-corrected chi connectivity index (χ1v) is 14.3. The molecule has 2 fully saturated rings. The number of carbonyl (C=O) groups is 1. The van der Waals surface area contributed by atoms with E-state index in [1.54, 1.807) is 30.3 Å². The molecule has 212 valence electrons. The van der Waals surface area contributed by atoms with Gasteiger partial charge in [-0.05, 0) is 80.7 Å². The van der Waals surface area contributed by atoms with Gasteiger partial charge in [-0.3, -0.25) is 4.90 Å². The summed E-state index contributed by atoms with van der Waals surface area (Å²) in [6.45, 7) is 3.82. The number of carboxylic acid groups (broad SMARTS) is 1. The van der Waals surface area contributed by atoms with Gasteiger partial charge in [0.2, 0.25) is 0 Å². The Morgan fingerprint density at radius 1 is 1.05 bits per heavy atom. The summed E-state index contributed by atoms with van der Waals surface area (Å²) in [5, 5.41) is 9.84. The molecule has 0 spiro atoms. The normalized spacial score (nSPS) is 20.8. The van der Waals surface area contributed by atoms with E-state index in [4.69, 9.17) is 30.8 Å². The second-order valence-electron chi connectivity index (χ2n) is 10.9. The SMILES string of the molecule is O=C(O)c1ccc2nc(CN3CCC(c4cccc5c4O[C@@H](c4ccc(Cl)cc4F)O5)CC3)n(CC3CCO3)c2c1. The summed E-state index contributed by atoms with van der Waals surface area (Å²) in [6, 6.07) is 15.5. The molecule has 3 aromatic carbocycles. The van der Waals surface area contributed by atoms with Gasteiger partial charge in [-0.1, -0.05) is 23.7 Å². The van der Waals surface area contributed by atoms with Gasteiger partial charge >= 0.3 is 5.97 Å². The smallest absolute Gasteiger partial charge is 0.335 e. The van der Waals surface area contributed by atoms with Crippen molar-refractivity contribution in [2.75, 3.05) is 19.7 Å². The lowest BCUT2D eigenvalue weighted by atomic mass is 9.88. The van der Waals surface area contributed by atoms with E-state index in [2.05, 4.69) is 15.5 Å². The molecular weight excluding hydrogens is 549 g/mol. The van der Waals surface area contributed by atoms with Crippen molar-refractivity contribution in [2.45, 2.75) is 50.7 Å². The van der Waals surface area contributed by atoms with Crippen molar-refractivity contribution in [2.24, 2.45) is 0 Å². The molecule has 1 aromatic heterocycles. The van der Waals surface area contributed by atoms with E-state index >= 15 is 0 Å². The minimum Gasteiger partial charge on any atom is -0.478 e. The van der Waals surface area contributed by atoms with Crippen molar-refractivity contribution in [1.29, 1.82) is 0 Å². The first-order chi connectivity index (χ1) is 19.9. The summed E-state index contributed by atoms with van der Waals surface area (Å²) in [5.41, 5.74) is 3.27. The standard InChI is InChI=1S/C31H29ClFN3O5/c32-20-5-6-23(24(33)15-20)31-40-27-3-1-2-22(29(27)41-31)18-8-11-35(12-9-18)17-28-34-25-7-4-19(30(37)38)14-26(25)36(28)16-21-10-13-39-21/h1-7,14-15,18,21,31H,8-13,16-17H2,(H,37,38)/t21?,31-/m0/s1. The Balaban J connectivity index is 1.06. The molecule has 2 atom stereocenters. The number of rotatable bonds is 7. The van der Waals surface area contributed by atoms with Crippen LogP contribution in [-0.2, 0) is 17.8 Å². The Labute approximate surface area is 241 Å². The van der Waals surface area contributed by atoms with Gasteiger partial charge in [0.1, 0.15) is 11.6 Å². The third-order valence-corrected chi connectivity index (χ3v) is 8.57. The molecule has 2 saturated heterocycles. The number of likely N-dealkylation sites (tertiary alicyclic amines) is 1. The third-order valence-electron chi connectivity index (χ3n) is 8.33. The second kappa shape index (κ2) is 10.6. The zero-order valence-electron chi connectivity index (χ0n) is 22.3. The van der Waals surface area contributed by atoms with Gasteiger partial charge < -0.3 is 23.9 Å². The topological polar surface area (TPSA) is 86.0 Å². The summed E-state index contributed by atoms with van der Waals surface area (Å²) >= 11 is 5.92. The van der Waals surface area contributed by atoms with Crippen LogP contribution >= 0.6 is 11.6 Å². The maximum Gasteiger partial charge on any atom is 0.335 e. The van der Waals surface area contributed by atoms with Gasteiger partial charge in [0.05, 0.1) is 41.4 Å². The zero-order chi connectivity index (χ0) is 28.1. The average molecular weight is 578 g/mol. The van der Waals surface area contributed by atoms with Crippen LogP contribution in [0.5, 0.6) is 11.5 Å². The van der Waals surface area contributed by atoms with Crippen molar-refractivity contribution >= 4 is 28.6 Å². The number of imidazole rings is 1. The largest absolute Gasteiger partial charge is 0.478 e. The van der Waals surface area contributed by atoms with E-state index in [1.807, 2.05) is 12.1 Å². The maximum atomic E-state index is 14.6. The van der Waals surface area contributed by atoms with Crippen LogP contribution in [0.25, 0.3) is 11.0 Å². The Morgan fingerprint density at radius 2 is 1.88 bits per heavy atom. The number of hydrogen-bond acceptors (Lipinski definition) is 6. The number of ether oxygens (including phenoxy) is 3. The van der Waals surface area contributed by atoms with Crippen LogP contribution in [0.4, 0.5) is 4.39 Å². The number of aromatic carboxylic acids is 1. The minimum atomic E-state index is -0.949. The Morgan fingerprint density at radius 3 is 2.61 bits per heavy atom. The molecule has 3 aliphatic rings. The Bertz CT molecular complexity index is 1630. The monoisotopic (exact) mass is 577 g/mol. The number of piperidine rings is 1. The second-order valence-corrected chi connectivity index (χ2v) is 11.3. The van der Waals surface area contributed by atoms with Crippen LogP contribution in [0.2, 0.25) is 5.02 Å². The number of aromatic nitrogens is 2. The Hall–Kier alpha value is -3.66. The highest BCUT2D eigenvalue weighted by Crippen LogP contribution is 2.47. The predicted octanol–water partition coefficient (Wildman–Crippen LogP) is 6.17. The third kappa shape index (κ3) is 5.03. The van der Waals surface area contributed by atoms with Gasteiger partial charge in [-0.2, -0.15) is 0 Å². The van der Waals surface area contributed by atoms with Crippen molar-refractivity contribution in [3.05, 3.63) is 88.0 Å². The number of benzene rings is 3. The molecule has 10 heteroatoms. The maximum absolute atomic E-state index is 14.6. The Kier molecular flexibility index (Phi) is 6.81. The van der Waals surface area contributed by atoms with Gasteiger partial charge in [-0.25, -0.2) is 14.2 Å². The van der Waals surface area contributed by atoms with Crippen molar-refractivity contribution < 1.29 is 28.5 Å². The molecule has 0 saturated carbocycles. The number of carboxylic acids is 1. The molecule has 4 heterocycles. The quantitative estimate of drug-likeness (QED) is 0.281. The molecule has 0 bridgehead atoms. The van der Waals surface area contributed by atoms with Crippen molar-refractivity contribution in [3.63, 3.8) is 0 Å².